The molecule has 0 spiro atoms. The van der Waals surface area contributed by atoms with Gasteiger partial charge in [-0.15, -0.1) is 10.2 Å². The predicted octanol–water partition coefficient (Wildman–Crippen LogP) is 0.238. The van der Waals surface area contributed by atoms with Crippen LogP contribution < -0.4 is 5.73 Å². The number of aldehydes is 1. The fourth-order valence-corrected chi connectivity index (χ4v) is 0.767. The molecule has 0 bridgehead atoms. The maximum atomic E-state index is 10.2. The first kappa shape index (κ1) is 9.05. The molecule has 1 heterocycles. The Balaban J connectivity index is 3.04. The number of hydrogen-bond donors (Lipinski definition) is 2. The number of nitrogens with zero attached hydrogens (tertiary/aromatic N) is 2. The maximum absolute atomic E-state index is 10.2. The number of carbonyl (C=O) groups is 1. The highest BCUT2D eigenvalue weighted by Gasteiger charge is 2.00. The van der Waals surface area contributed by atoms with Gasteiger partial charge in [0.05, 0.1) is 5.69 Å². The highest BCUT2D eigenvalue weighted by atomic mass is 16.1. The van der Waals surface area contributed by atoms with Gasteiger partial charge in [0, 0.05) is 18.0 Å². The van der Waals surface area contributed by atoms with Gasteiger partial charge in [-0.3, -0.25) is 4.79 Å². The van der Waals surface area contributed by atoms with Crippen LogP contribution in [0.5, 0.6) is 0 Å². The number of carbonyl (C=O) groups excluding carboxylic acids is 1. The van der Waals surface area contributed by atoms with E-state index in [0.29, 0.717) is 17.6 Å². The summed E-state index contributed by atoms with van der Waals surface area (Å²) in [4.78, 5) is 10.2. The van der Waals surface area contributed by atoms with E-state index < -0.39 is 0 Å². The number of rotatable bonds is 3. The summed E-state index contributed by atoms with van der Waals surface area (Å²) in [6.07, 6.45) is 2.94. The van der Waals surface area contributed by atoms with Gasteiger partial charge in [-0.05, 0) is 12.1 Å². The molecule has 0 unspecified atom stereocenters. The minimum Gasteiger partial charge on any atom is -0.404 e. The first-order valence-corrected chi connectivity index (χ1v) is 3.53. The molecule has 0 amide bonds. The fourth-order valence-electron chi connectivity index (χ4n) is 0.767. The van der Waals surface area contributed by atoms with E-state index in [1.807, 2.05) is 0 Å². The van der Waals surface area contributed by atoms with Gasteiger partial charge in [-0.25, -0.2) is 0 Å². The second-order valence-electron chi connectivity index (χ2n) is 2.23. The first-order chi connectivity index (χ1) is 6.31. The number of nitrogens with two attached hydrogens (primary N) is 1. The van der Waals surface area contributed by atoms with Crippen molar-refractivity contribution >= 4 is 18.1 Å². The van der Waals surface area contributed by atoms with Crippen molar-refractivity contribution in [2.75, 3.05) is 0 Å². The molecule has 0 saturated heterocycles. The van der Waals surface area contributed by atoms with Gasteiger partial charge in [0.2, 0.25) is 0 Å². The molecule has 1 rings (SSSR count). The van der Waals surface area contributed by atoms with Crippen molar-refractivity contribution in [2.45, 2.75) is 0 Å². The van der Waals surface area contributed by atoms with Crippen LogP contribution in [0, 0.1) is 5.41 Å². The van der Waals surface area contributed by atoms with Gasteiger partial charge in [0.1, 0.15) is 5.69 Å². The Labute approximate surface area is 74.8 Å². The Kier molecular flexibility index (Phi) is 2.86. The third-order valence-corrected chi connectivity index (χ3v) is 1.44. The molecule has 0 aliphatic heterocycles. The SMILES string of the molecule is N=CC(=CN)c1ccc(C=O)nn1. The molecule has 3 N–H and O–H groups in total. The summed E-state index contributed by atoms with van der Waals surface area (Å²) in [5.74, 6) is 0. The summed E-state index contributed by atoms with van der Waals surface area (Å²) >= 11 is 0. The number of nitrogens with one attached hydrogen (secondary N) is 1. The zero-order valence-corrected chi connectivity index (χ0v) is 6.77. The second kappa shape index (κ2) is 4.10. The Morgan fingerprint density at radius 2 is 2.23 bits per heavy atom. The van der Waals surface area contributed by atoms with Crippen LogP contribution in [0.4, 0.5) is 0 Å². The monoisotopic (exact) mass is 176 g/mol. The van der Waals surface area contributed by atoms with Gasteiger partial charge >= 0.3 is 0 Å². The number of hydrogen-bond acceptors (Lipinski definition) is 5. The summed E-state index contributed by atoms with van der Waals surface area (Å²) in [6, 6.07) is 3.10. The number of aromatic nitrogens is 2. The summed E-state index contributed by atoms with van der Waals surface area (Å²) in [5.41, 5.74) is 6.43. The van der Waals surface area contributed by atoms with Crippen molar-refractivity contribution in [3.63, 3.8) is 0 Å². The molecule has 13 heavy (non-hydrogen) atoms. The average molecular weight is 176 g/mol. The van der Waals surface area contributed by atoms with Gasteiger partial charge in [0.15, 0.2) is 6.29 Å². The Morgan fingerprint density at radius 1 is 1.46 bits per heavy atom. The molecule has 5 heteroatoms. The van der Waals surface area contributed by atoms with Crippen molar-refractivity contribution in [3.8, 4) is 0 Å². The molecule has 0 radical (unpaired) electrons. The van der Waals surface area contributed by atoms with Crippen molar-refractivity contribution in [1.29, 1.82) is 5.41 Å². The van der Waals surface area contributed by atoms with Crippen LogP contribution in [0.25, 0.3) is 5.57 Å². The van der Waals surface area contributed by atoms with Crippen LogP contribution in [0.2, 0.25) is 0 Å². The quantitative estimate of drug-likeness (QED) is 0.509. The average Bonchev–Trinajstić information content (AvgIpc) is 2.21. The minimum atomic E-state index is 0.255. The molecule has 0 saturated carbocycles. The third-order valence-electron chi connectivity index (χ3n) is 1.44. The molecular formula is C8H8N4O. The Bertz CT molecular complexity index is 342. The molecule has 5 nitrogen and oxygen atoms in total. The van der Waals surface area contributed by atoms with E-state index in [1.54, 1.807) is 6.07 Å². The molecular weight excluding hydrogens is 168 g/mol. The second-order valence-corrected chi connectivity index (χ2v) is 2.23. The molecule has 1 aromatic rings. The summed E-state index contributed by atoms with van der Waals surface area (Å²) in [7, 11) is 0. The van der Waals surface area contributed by atoms with Crippen molar-refractivity contribution in [3.05, 3.63) is 29.7 Å². The van der Waals surface area contributed by atoms with E-state index in [-0.39, 0.29) is 5.69 Å². The van der Waals surface area contributed by atoms with Gasteiger partial charge in [0.25, 0.3) is 0 Å². The third kappa shape index (κ3) is 1.96. The van der Waals surface area contributed by atoms with Gasteiger partial charge in [-0.1, -0.05) is 0 Å². The predicted molar refractivity (Wildman–Crippen MR) is 48.4 cm³/mol. The minimum absolute atomic E-state index is 0.255. The standard InChI is InChI=1S/C8H8N4O/c9-3-6(4-10)8-2-1-7(5-13)11-12-8/h1-5,9H,10H2. The topological polar surface area (TPSA) is 92.7 Å². The molecule has 0 atom stereocenters. The smallest absolute Gasteiger partial charge is 0.170 e. The summed E-state index contributed by atoms with van der Waals surface area (Å²) in [6.45, 7) is 0. The lowest BCUT2D eigenvalue weighted by Gasteiger charge is -1.97. The van der Waals surface area contributed by atoms with Crippen LogP contribution in [-0.2, 0) is 0 Å². The van der Waals surface area contributed by atoms with Crippen molar-refractivity contribution < 1.29 is 4.79 Å². The van der Waals surface area contributed by atoms with E-state index in [2.05, 4.69) is 10.2 Å². The summed E-state index contributed by atoms with van der Waals surface area (Å²) < 4.78 is 0. The summed E-state index contributed by atoms with van der Waals surface area (Å²) in [5, 5.41) is 14.3. The Morgan fingerprint density at radius 3 is 2.62 bits per heavy atom. The van der Waals surface area contributed by atoms with Crippen LogP contribution in [-0.4, -0.2) is 22.7 Å². The zero-order valence-electron chi connectivity index (χ0n) is 6.77. The van der Waals surface area contributed by atoms with Crippen molar-refractivity contribution in [2.24, 2.45) is 5.73 Å². The normalized spacial score (nSPS) is 10.9. The molecule has 0 aliphatic carbocycles. The Hall–Kier alpha value is -2.04. The highest BCUT2D eigenvalue weighted by molar-refractivity contribution is 6.07. The van der Waals surface area contributed by atoms with Crippen molar-refractivity contribution in [1.82, 2.24) is 10.2 Å². The van der Waals surface area contributed by atoms with Crippen LogP contribution >= 0.6 is 0 Å². The largest absolute Gasteiger partial charge is 0.404 e. The van der Waals surface area contributed by atoms with E-state index in [1.165, 1.54) is 12.3 Å². The lowest BCUT2D eigenvalue weighted by atomic mass is 10.2. The van der Waals surface area contributed by atoms with Crippen LogP contribution in [0.1, 0.15) is 16.2 Å². The molecule has 66 valence electrons. The van der Waals surface area contributed by atoms with Gasteiger partial charge < -0.3 is 11.1 Å². The lowest BCUT2D eigenvalue weighted by Crippen LogP contribution is -1.98. The molecule has 0 aromatic carbocycles. The van der Waals surface area contributed by atoms with E-state index >= 15 is 0 Å². The van der Waals surface area contributed by atoms with Crippen LogP contribution in [0.15, 0.2) is 18.3 Å². The van der Waals surface area contributed by atoms with E-state index in [0.717, 1.165) is 6.21 Å². The number of allylic oxidation sites excluding steroid dienone is 1. The maximum Gasteiger partial charge on any atom is 0.170 e. The highest BCUT2D eigenvalue weighted by Crippen LogP contribution is 2.05. The molecule has 1 aromatic heterocycles. The van der Waals surface area contributed by atoms with Gasteiger partial charge in [-0.2, -0.15) is 0 Å². The van der Waals surface area contributed by atoms with Crippen LogP contribution in [0.3, 0.4) is 0 Å². The lowest BCUT2D eigenvalue weighted by molar-refractivity contribution is 0.111. The van der Waals surface area contributed by atoms with E-state index in [4.69, 9.17) is 11.1 Å². The zero-order chi connectivity index (χ0) is 9.68. The molecule has 0 aliphatic rings. The van der Waals surface area contributed by atoms with E-state index in [9.17, 15) is 4.79 Å². The first-order valence-electron chi connectivity index (χ1n) is 3.53. The molecule has 0 fully saturated rings. The fraction of sp³-hybridized carbons (Fsp3) is 0.